The fourth-order valence-corrected chi connectivity index (χ4v) is 8.66. The number of carboxylic acids is 1. The molecule has 7 rings (SSSR count). The number of rotatable bonds is 9. The van der Waals surface area contributed by atoms with Gasteiger partial charge in [0.25, 0.3) is 0 Å². The molecule has 5 aromatic rings. The molecule has 10 nitrogen and oxygen atoms in total. The molecule has 13 heteroatoms. The topological polar surface area (TPSA) is 112 Å². The van der Waals surface area contributed by atoms with Crippen LogP contribution >= 0.6 is 23.7 Å². The van der Waals surface area contributed by atoms with Crippen molar-refractivity contribution in [1.82, 2.24) is 8.87 Å². The van der Waals surface area contributed by atoms with Crippen molar-refractivity contribution in [2.24, 2.45) is 7.05 Å². The number of piperazine rings is 1. The number of carboxylic acid groups (broad SMARTS) is 1. The third-order valence-corrected chi connectivity index (χ3v) is 11.6. The van der Waals surface area contributed by atoms with Crippen LogP contribution < -0.4 is 14.5 Å². The van der Waals surface area contributed by atoms with Crippen LogP contribution in [0.25, 0.3) is 32.6 Å². The maximum absolute atomic E-state index is 12.6. The van der Waals surface area contributed by atoms with Gasteiger partial charge in [0.2, 0.25) is 15.9 Å². The van der Waals surface area contributed by atoms with E-state index in [1.807, 2.05) is 84.7 Å². The summed E-state index contributed by atoms with van der Waals surface area (Å²) >= 11 is 1.28. The number of aryl methyl sites for hydroxylation is 1. The van der Waals surface area contributed by atoms with Gasteiger partial charge in [0.05, 0.1) is 22.2 Å². The summed E-state index contributed by atoms with van der Waals surface area (Å²) < 4.78 is 35.0. The van der Waals surface area contributed by atoms with E-state index >= 15 is 0 Å². The predicted octanol–water partition coefficient (Wildman–Crippen LogP) is 6.48. The molecular weight excluding hydrogens is 684 g/mol. The molecule has 256 valence electrons. The van der Waals surface area contributed by atoms with E-state index in [4.69, 9.17) is 4.74 Å². The van der Waals surface area contributed by atoms with Gasteiger partial charge in [-0.3, -0.25) is 4.79 Å². The number of carbonyl (C=O) groups excluding carboxylic acids is 1. The lowest BCUT2D eigenvalue weighted by Crippen LogP contribution is -2.48. The second kappa shape index (κ2) is 13.9. The summed E-state index contributed by atoms with van der Waals surface area (Å²) in [4.78, 5) is 28.6. The Morgan fingerprint density at radius 1 is 0.918 bits per heavy atom. The van der Waals surface area contributed by atoms with Crippen LogP contribution in [0.2, 0.25) is 0 Å². The molecule has 0 spiro atoms. The first-order valence-electron chi connectivity index (χ1n) is 15.9. The number of aromatic carboxylic acids is 1. The highest BCUT2D eigenvalue weighted by Gasteiger charge is 2.27. The van der Waals surface area contributed by atoms with Gasteiger partial charge in [0.15, 0.2) is 0 Å². The Hall–Kier alpha value is -4.36. The number of ether oxygens (including phenoxy) is 1. The van der Waals surface area contributed by atoms with Gasteiger partial charge in [-0.15, -0.1) is 23.7 Å². The number of nitrogens with zero attached hydrogens (tertiary/aromatic N) is 4. The average molecular weight is 721 g/mol. The van der Waals surface area contributed by atoms with Crippen molar-refractivity contribution in [2.75, 3.05) is 48.8 Å². The molecule has 0 saturated carbocycles. The molecule has 0 unspecified atom stereocenters. The molecule has 0 atom stereocenters. The van der Waals surface area contributed by atoms with Crippen molar-refractivity contribution in [2.45, 2.75) is 19.4 Å². The highest BCUT2D eigenvalue weighted by molar-refractivity contribution is 7.88. The van der Waals surface area contributed by atoms with Gasteiger partial charge in [0, 0.05) is 68.7 Å². The van der Waals surface area contributed by atoms with Crippen molar-refractivity contribution in [3.63, 3.8) is 0 Å². The van der Waals surface area contributed by atoms with Gasteiger partial charge in [-0.05, 0) is 66.1 Å². The third kappa shape index (κ3) is 6.78. The number of amides is 1. The summed E-state index contributed by atoms with van der Waals surface area (Å²) in [5.74, 6) is -0.142. The van der Waals surface area contributed by atoms with Crippen LogP contribution in [0.1, 0.15) is 28.1 Å². The summed E-state index contributed by atoms with van der Waals surface area (Å²) in [6, 6.07) is 25.6. The number of anilines is 2. The molecule has 2 aromatic heterocycles. The number of benzene rings is 3. The van der Waals surface area contributed by atoms with Crippen LogP contribution in [-0.2, 0) is 28.5 Å². The summed E-state index contributed by atoms with van der Waals surface area (Å²) in [7, 11) is -1.29. The van der Waals surface area contributed by atoms with E-state index in [0.717, 1.165) is 56.0 Å². The Morgan fingerprint density at radius 3 is 2.27 bits per heavy atom. The number of halogens is 1. The van der Waals surface area contributed by atoms with Crippen molar-refractivity contribution in [3.8, 4) is 28.1 Å². The van der Waals surface area contributed by atoms with Crippen LogP contribution in [-0.4, -0.2) is 73.3 Å². The minimum atomic E-state index is -3.25. The molecule has 1 N–H and O–H groups in total. The smallest absolute Gasteiger partial charge is 0.345 e. The minimum absolute atomic E-state index is 0. The van der Waals surface area contributed by atoms with Crippen LogP contribution in [0, 0.1) is 0 Å². The van der Waals surface area contributed by atoms with Crippen LogP contribution in [0.3, 0.4) is 0 Å². The van der Waals surface area contributed by atoms with Crippen molar-refractivity contribution < 1.29 is 27.9 Å². The lowest BCUT2D eigenvalue weighted by Gasteiger charge is -2.36. The molecule has 2 aliphatic heterocycles. The Balaban J connectivity index is 0.00000417. The maximum Gasteiger partial charge on any atom is 0.345 e. The number of thiophene rings is 1. The molecule has 2 fully saturated rings. The van der Waals surface area contributed by atoms with Crippen LogP contribution in [0.5, 0.6) is 5.75 Å². The maximum atomic E-state index is 12.6. The van der Waals surface area contributed by atoms with Gasteiger partial charge in [-0.1, -0.05) is 30.3 Å². The molecule has 3 aromatic carbocycles. The van der Waals surface area contributed by atoms with E-state index < -0.39 is 16.0 Å². The summed E-state index contributed by atoms with van der Waals surface area (Å²) in [5, 5.41) is 9.66. The highest BCUT2D eigenvalue weighted by Crippen LogP contribution is 2.44. The second-order valence-electron chi connectivity index (χ2n) is 12.2. The van der Waals surface area contributed by atoms with E-state index in [9.17, 15) is 23.1 Å². The molecule has 4 heterocycles. The number of hydrogen-bond acceptors (Lipinski definition) is 7. The minimum Gasteiger partial charge on any atom is -0.489 e. The standard InChI is InChI=1S/C36H36N4O6S2.ClH/c1-37-30-22-31(36(42)43)47-35(30)33(24-7-4-3-5-8-24)34(37)25-10-13-28(14-11-25)46-23-26-21-27(40-16-6-9-32(40)41)12-15-29(26)38-17-19-39(20-18-38)48(2,44)45;/h3-5,7-8,10-15,21-22H,6,9,16-20,23H2,1-2H3,(H,42,43);1H. The van der Waals surface area contributed by atoms with Gasteiger partial charge >= 0.3 is 5.97 Å². The summed E-state index contributed by atoms with van der Waals surface area (Å²) in [6.45, 7) is 2.89. The SMILES string of the molecule is Cl.Cn1c(-c2ccc(OCc3cc(N4CCCC4=O)ccc3N3CCN(S(C)(=O)=O)CC3)cc2)c(-c2ccccc2)c2sc(C(=O)O)cc21. The van der Waals surface area contributed by atoms with E-state index in [-0.39, 0.29) is 24.9 Å². The van der Waals surface area contributed by atoms with Crippen molar-refractivity contribution >= 4 is 67.2 Å². The first-order valence-corrected chi connectivity index (χ1v) is 18.5. The first kappa shape index (κ1) is 34.5. The van der Waals surface area contributed by atoms with E-state index in [2.05, 4.69) is 9.47 Å². The van der Waals surface area contributed by atoms with Crippen molar-refractivity contribution in [3.05, 3.63) is 89.3 Å². The fourth-order valence-electron chi connectivity index (χ4n) is 6.74. The molecule has 2 saturated heterocycles. The Kier molecular flexibility index (Phi) is 9.76. The van der Waals surface area contributed by atoms with Gasteiger partial charge in [-0.2, -0.15) is 4.31 Å². The molecular formula is C36H37ClN4O6S2. The number of sulfonamides is 1. The van der Waals surface area contributed by atoms with Gasteiger partial charge in [-0.25, -0.2) is 13.2 Å². The van der Waals surface area contributed by atoms with Gasteiger partial charge in [0.1, 0.15) is 17.2 Å². The largest absolute Gasteiger partial charge is 0.489 e. The summed E-state index contributed by atoms with van der Waals surface area (Å²) in [6.07, 6.45) is 2.62. The molecule has 1 amide bonds. The average Bonchev–Trinajstić information content (AvgIpc) is 3.79. The normalized spacial score (nSPS) is 15.5. The zero-order valence-corrected chi connectivity index (χ0v) is 29.6. The zero-order chi connectivity index (χ0) is 33.6. The Labute approximate surface area is 295 Å². The van der Waals surface area contributed by atoms with E-state index in [1.165, 1.54) is 21.9 Å². The first-order chi connectivity index (χ1) is 23.1. The van der Waals surface area contributed by atoms with Crippen LogP contribution in [0.15, 0.2) is 78.9 Å². The third-order valence-electron chi connectivity index (χ3n) is 9.16. The Morgan fingerprint density at radius 2 is 1.63 bits per heavy atom. The van der Waals surface area contributed by atoms with Gasteiger partial charge < -0.3 is 24.2 Å². The predicted molar refractivity (Wildman–Crippen MR) is 197 cm³/mol. The number of aromatic nitrogens is 1. The molecule has 2 aliphatic rings. The lowest BCUT2D eigenvalue weighted by atomic mass is 10.0. The number of fused-ring (bicyclic) bond motifs is 1. The quantitative estimate of drug-likeness (QED) is 0.186. The monoisotopic (exact) mass is 720 g/mol. The van der Waals surface area contributed by atoms with E-state index in [1.54, 1.807) is 6.07 Å². The highest BCUT2D eigenvalue weighted by atomic mass is 35.5. The number of carbonyl (C=O) groups is 2. The lowest BCUT2D eigenvalue weighted by molar-refractivity contribution is -0.117. The Bertz CT molecular complexity index is 2120. The van der Waals surface area contributed by atoms with Crippen LogP contribution in [0.4, 0.5) is 11.4 Å². The molecule has 0 aliphatic carbocycles. The number of hydrogen-bond donors (Lipinski definition) is 1. The molecule has 0 bridgehead atoms. The second-order valence-corrected chi connectivity index (χ2v) is 15.2. The molecule has 0 radical (unpaired) electrons. The molecule has 49 heavy (non-hydrogen) atoms. The van der Waals surface area contributed by atoms with Crippen molar-refractivity contribution in [1.29, 1.82) is 0 Å². The summed E-state index contributed by atoms with van der Waals surface area (Å²) in [5.41, 5.74) is 7.57. The zero-order valence-electron chi connectivity index (χ0n) is 27.2. The fraction of sp³-hybridized carbons (Fsp3) is 0.278. The van der Waals surface area contributed by atoms with E-state index in [0.29, 0.717) is 49.8 Å².